The monoisotopic (exact) mass is 367 g/mol. The lowest BCUT2D eigenvalue weighted by molar-refractivity contribution is 0.288. The van der Waals surface area contributed by atoms with E-state index in [4.69, 9.17) is 4.74 Å². The summed E-state index contributed by atoms with van der Waals surface area (Å²) in [5.41, 5.74) is 5.04. The molecule has 3 aromatic rings. The van der Waals surface area contributed by atoms with Gasteiger partial charge >= 0.3 is 0 Å². The number of benzene rings is 2. The van der Waals surface area contributed by atoms with E-state index in [2.05, 4.69) is 72.8 Å². The van der Waals surface area contributed by atoms with Gasteiger partial charge in [-0.05, 0) is 62.1 Å². The fraction of sp³-hybridized carbons (Fsp3) is 0.333. The first kappa shape index (κ1) is 18.5. The van der Waals surface area contributed by atoms with Crippen LogP contribution >= 0.6 is 11.8 Å². The Kier molecular flexibility index (Phi) is 5.99. The van der Waals surface area contributed by atoms with Crippen LogP contribution in [-0.4, -0.2) is 14.8 Å². The normalized spacial score (nSPS) is 10.9. The Morgan fingerprint density at radius 3 is 2.42 bits per heavy atom. The largest absolute Gasteiger partial charge is 0.486 e. The standard InChI is InChI=1S/C21H25N3OS/c1-5-24-20(13-25-19-11-15(2)10-16(3)12-19)22-23-21(24)26-14-18-9-7-6-8-17(18)4/h6-12H,5,13-14H2,1-4H3. The van der Waals surface area contributed by atoms with Gasteiger partial charge in [-0.2, -0.15) is 0 Å². The number of hydrogen-bond donors (Lipinski definition) is 0. The summed E-state index contributed by atoms with van der Waals surface area (Å²) in [6.07, 6.45) is 0. The number of nitrogens with zero attached hydrogens (tertiary/aromatic N) is 3. The van der Waals surface area contributed by atoms with Crippen LogP contribution < -0.4 is 4.74 Å². The maximum atomic E-state index is 5.96. The van der Waals surface area contributed by atoms with E-state index in [0.29, 0.717) is 6.61 Å². The minimum absolute atomic E-state index is 0.425. The fourth-order valence-electron chi connectivity index (χ4n) is 2.93. The van der Waals surface area contributed by atoms with Gasteiger partial charge < -0.3 is 9.30 Å². The van der Waals surface area contributed by atoms with E-state index in [9.17, 15) is 0 Å². The zero-order valence-electron chi connectivity index (χ0n) is 15.8. The van der Waals surface area contributed by atoms with Gasteiger partial charge in [-0.1, -0.05) is 42.1 Å². The summed E-state index contributed by atoms with van der Waals surface area (Å²) in [5.74, 6) is 2.63. The smallest absolute Gasteiger partial charge is 0.191 e. The second kappa shape index (κ2) is 8.41. The second-order valence-electron chi connectivity index (χ2n) is 6.47. The van der Waals surface area contributed by atoms with Crippen LogP contribution in [0.4, 0.5) is 0 Å². The Hall–Kier alpha value is -2.27. The summed E-state index contributed by atoms with van der Waals surface area (Å²) in [6.45, 7) is 9.66. The predicted octanol–water partition coefficient (Wildman–Crippen LogP) is 5.09. The van der Waals surface area contributed by atoms with E-state index in [1.807, 2.05) is 12.1 Å². The molecule has 0 bridgehead atoms. The first-order chi connectivity index (χ1) is 12.6. The molecule has 0 spiro atoms. The van der Waals surface area contributed by atoms with Crippen LogP contribution in [0.1, 0.15) is 35.0 Å². The lowest BCUT2D eigenvalue weighted by atomic mass is 10.1. The van der Waals surface area contributed by atoms with Crippen LogP contribution in [0.3, 0.4) is 0 Å². The van der Waals surface area contributed by atoms with E-state index in [1.54, 1.807) is 11.8 Å². The van der Waals surface area contributed by atoms with Gasteiger partial charge in [0.15, 0.2) is 11.0 Å². The molecule has 2 aromatic carbocycles. The highest BCUT2D eigenvalue weighted by Crippen LogP contribution is 2.24. The molecule has 3 rings (SSSR count). The van der Waals surface area contributed by atoms with E-state index in [0.717, 1.165) is 29.0 Å². The minimum Gasteiger partial charge on any atom is -0.486 e. The van der Waals surface area contributed by atoms with Crippen molar-refractivity contribution in [2.75, 3.05) is 0 Å². The highest BCUT2D eigenvalue weighted by atomic mass is 32.2. The van der Waals surface area contributed by atoms with Crippen LogP contribution in [0.15, 0.2) is 47.6 Å². The molecule has 26 heavy (non-hydrogen) atoms. The van der Waals surface area contributed by atoms with Gasteiger partial charge in [0.25, 0.3) is 0 Å². The minimum atomic E-state index is 0.425. The van der Waals surface area contributed by atoms with E-state index >= 15 is 0 Å². The van der Waals surface area contributed by atoms with Crippen molar-refractivity contribution in [3.8, 4) is 5.75 Å². The van der Waals surface area contributed by atoms with Gasteiger partial charge in [0.05, 0.1) is 0 Å². The molecule has 0 fully saturated rings. The van der Waals surface area contributed by atoms with Gasteiger partial charge in [0.2, 0.25) is 0 Å². The highest BCUT2D eigenvalue weighted by Gasteiger charge is 2.12. The fourth-order valence-corrected chi connectivity index (χ4v) is 4.03. The van der Waals surface area contributed by atoms with Crippen molar-refractivity contribution >= 4 is 11.8 Å². The molecule has 0 unspecified atom stereocenters. The molecule has 0 radical (unpaired) electrons. The summed E-state index contributed by atoms with van der Waals surface area (Å²) in [4.78, 5) is 0. The first-order valence-electron chi connectivity index (χ1n) is 8.87. The third-order valence-corrected chi connectivity index (χ3v) is 5.31. The molecule has 0 aliphatic rings. The lowest BCUT2D eigenvalue weighted by Gasteiger charge is -2.10. The molecule has 136 valence electrons. The molecular formula is C21H25N3OS. The van der Waals surface area contributed by atoms with Crippen LogP contribution in [0.2, 0.25) is 0 Å². The first-order valence-corrected chi connectivity index (χ1v) is 9.86. The molecule has 0 N–H and O–H groups in total. The van der Waals surface area contributed by atoms with Crippen LogP contribution in [0, 0.1) is 20.8 Å². The number of hydrogen-bond acceptors (Lipinski definition) is 4. The van der Waals surface area contributed by atoms with Crippen molar-refractivity contribution in [2.45, 2.75) is 51.8 Å². The van der Waals surface area contributed by atoms with Crippen molar-refractivity contribution in [1.82, 2.24) is 14.8 Å². The zero-order chi connectivity index (χ0) is 18.5. The Labute approximate surface area is 159 Å². The Morgan fingerprint density at radius 2 is 1.73 bits per heavy atom. The predicted molar refractivity (Wildman–Crippen MR) is 107 cm³/mol. The van der Waals surface area contributed by atoms with Crippen LogP contribution in [0.5, 0.6) is 5.75 Å². The molecule has 5 heteroatoms. The molecule has 0 aliphatic carbocycles. The summed E-state index contributed by atoms with van der Waals surface area (Å²) >= 11 is 1.72. The zero-order valence-corrected chi connectivity index (χ0v) is 16.6. The maximum absolute atomic E-state index is 5.96. The number of aromatic nitrogens is 3. The van der Waals surface area contributed by atoms with Crippen LogP contribution in [0.25, 0.3) is 0 Å². The molecule has 0 atom stereocenters. The van der Waals surface area contributed by atoms with E-state index in [1.165, 1.54) is 22.3 Å². The summed E-state index contributed by atoms with van der Waals surface area (Å²) in [7, 11) is 0. The lowest BCUT2D eigenvalue weighted by Crippen LogP contribution is -2.07. The van der Waals surface area contributed by atoms with Crippen molar-refractivity contribution in [3.05, 3.63) is 70.5 Å². The average Bonchev–Trinajstić information content (AvgIpc) is 3.00. The molecule has 4 nitrogen and oxygen atoms in total. The van der Waals surface area contributed by atoms with E-state index < -0.39 is 0 Å². The SMILES string of the molecule is CCn1c(COc2cc(C)cc(C)c2)nnc1SCc1ccccc1C. The van der Waals surface area contributed by atoms with Gasteiger partial charge in [0.1, 0.15) is 12.4 Å². The van der Waals surface area contributed by atoms with Gasteiger partial charge in [-0.3, -0.25) is 0 Å². The molecule has 0 saturated carbocycles. The topological polar surface area (TPSA) is 39.9 Å². The summed E-state index contributed by atoms with van der Waals surface area (Å²) in [6, 6.07) is 14.7. The molecule has 0 amide bonds. The summed E-state index contributed by atoms with van der Waals surface area (Å²) in [5, 5.41) is 9.66. The van der Waals surface area contributed by atoms with Gasteiger partial charge in [-0.15, -0.1) is 10.2 Å². The Bertz CT molecular complexity index is 868. The van der Waals surface area contributed by atoms with Crippen LogP contribution in [-0.2, 0) is 18.9 Å². The van der Waals surface area contributed by atoms with Crippen molar-refractivity contribution in [2.24, 2.45) is 0 Å². The second-order valence-corrected chi connectivity index (χ2v) is 7.41. The molecular weight excluding hydrogens is 342 g/mol. The van der Waals surface area contributed by atoms with Crippen molar-refractivity contribution in [3.63, 3.8) is 0 Å². The number of aryl methyl sites for hydroxylation is 3. The number of ether oxygens (including phenoxy) is 1. The van der Waals surface area contributed by atoms with Gasteiger partial charge in [-0.25, -0.2) is 0 Å². The quantitative estimate of drug-likeness (QED) is 0.545. The molecule has 0 aliphatic heterocycles. The molecule has 1 heterocycles. The third-order valence-electron chi connectivity index (χ3n) is 4.29. The van der Waals surface area contributed by atoms with Crippen molar-refractivity contribution in [1.29, 1.82) is 0 Å². The Balaban J connectivity index is 1.68. The number of thioether (sulfide) groups is 1. The maximum Gasteiger partial charge on any atom is 0.191 e. The molecule has 1 aromatic heterocycles. The number of rotatable bonds is 7. The highest BCUT2D eigenvalue weighted by molar-refractivity contribution is 7.98. The Morgan fingerprint density at radius 1 is 1.00 bits per heavy atom. The van der Waals surface area contributed by atoms with Crippen molar-refractivity contribution < 1.29 is 4.74 Å². The molecule has 0 saturated heterocycles. The average molecular weight is 368 g/mol. The summed E-state index contributed by atoms with van der Waals surface area (Å²) < 4.78 is 8.09. The third kappa shape index (κ3) is 4.47. The van der Waals surface area contributed by atoms with E-state index in [-0.39, 0.29) is 0 Å². The van der Waals surface area contributed by atoms with Gasteiger partial charge in [0, 0.05) is 12.3 Å².